The van der Waals surface area contributed by atoms with Crippen molar-refractivity contribution in [1.82, 2.24) is 5.32 Å². The summed E-state index contributed by atoms with van der Waals surface area (Å²) < 4.78 is 0. The van der Waals surface area contributed by atoms with Crippen molar-refractivity contribution < 1.29 is 4.92 Å². The number of hydrogen-bond donors (Lipinski definition) is 1. The Kier molecular flexibility index (Phi) is 3.82. The largest absolute Gasteiger partial charge is 0.324 e. The summed E-state index contributed by atoms with van der Waals surface area (Å²) in [7, 11) is 0. The molecule has 0 saturated heterocycles. The minimum Gasteiger partial charge on any atom is -0.307 e. The molecule has 0 aliphatic carbocycles. The Labute approximate surface area is 93.5 Å². The van der Waals surface area contributed by atoms with Gasteiger partial charge < -0.3 is 5.32 Å². The van der Waals surface area contributed by atoms with Crippen LogP contribution < -0.4 is 5.32 Å². The summed E-state index contributed by atoms with van der Waals surface area (Å²) in [6.07, 6.45) is 1.03. The average Bonchev–Trinajstić information content (AvgIpc) is 2.63. The summed E-state index contributed by atoms with van der Waals surface area (Å²) >= 11 is 1.23. The van der Waals surface area contributed by atoms with Gasteiger partial charge in [0, 0.05) is 23.0 Å². The van der Waals surface area contributed by atoms with Crippen molar-refractivity contribution >= 4 is 16.3 Å². The second kappa shape index (κ2) is 4.72. The molecule has 0 saturated carbocycles. The zero-order valence-electron chi connectivity index (χ0n) is 9.24. The Balaban J connectivity index is 2.55. The maximum absolute atomic E-state index is 10.5. The number of thiophene rings is 1. The van der Waals surface area contributed by atoms with Gasteiger partial charge in [0.1, 0.15) is 0 Å². The summed E-state index contributed by atoms with van der Waals surface area (Å²) in [6, 6.07) is 3.36. The number of nitrogens with one attached hydrogen (secondary N) is 1. The van der Waals surface area contributed by atoms with E-state index >= 15 is 0 Å². The SMILES string of the molecule is CCC(C)(C)NCc1ccc([N+](=O)[O-])s1. The molecule has 0 amide bonds. The first-order chi connectivity index (χ1) is 6.94. The number of hydrogen-bond acceptors (Lipinski definition) is 4. The molecule has 0 unspecified atom stereocenters. The van der Waals surface area contributed by atoms with Crippen molar-refractivity contribution in [3.63, 3.8) is 0 Å². The zero-order valence-corrected chi connectivity index (χ0v) is 10.1. The van der Waals surface area contributed by atoms with Gasteiger partial charge in [-0.1, -0.05) is 18.3 Å². The normalized spacial score (nSPS) is 11.7. The summed E-state index contributed by atoms with van der Waals surface area (Å²) in [5.74, 6) is 0. The molecule has 0 fully saturated rings. The molecular formula is C10H16N2O2S. The van der Waals surface area contributed by atoms with E-state index in [0.29, 0.717) is 6.54 Å². The lowest BCUT2D eigenvalue weighted by molar-refractivity contribution is -0.380. The Bertz CT molecular complexity index is 347. The van der Waals surface area contributed by atoms with E-state index in [1.807, 2.05) is 6.07 Å². The van der Waals surface area contributed by atoms with Gasteiger partial charge in [0.05, 0.1) is 4.92 Å². The van der Waals surface area contributed by atoms with E-state index in [0.717, 1.165) is 11.3 Å². The molecule has 0 bridgehead atoms. The third-order valence-corrected chi connectivity index (χ3v) is 3.49. The molecular weight excluding hydrogens is 212 g/mol. The molecule has 0 aliphatic heterocycles. The van der Waals surface area contributed by atoms with E-state index in [-0.39, 0.29) is 15.5 Å². The monoisotopic (exact) mass is 228 g/mol. The highest BCUT2D eigenvalue weighted by Gasteiger charge is 2.15. The molecule has 0 atom stereocenters. The number of nitro groups is 1. The molecule has 0 spiro atoms. The second-order valence-corrected chi connectivity index (χ2v) is 5.23. The lowest BCUT2D eigenvalue weighted by atomic mass is 10.0. The Morgan fingerprint density at radius 2 is 2.20 bits per heavy atom. The third kappa shape index (κ3) is 3.60. The molecule has 0 radical (unpaired) electrons. The van der Waals surface area contributed by atoms with E-state index in [4.69, 9.17) is 0 Å². The summed E-state index contributed by atoms with van der Waals surface area (Å²) in [5, 5.41) is 14.0. The smallest absolute Gasteiger partial charge is 0.307 e. The second-order valence-electron chi connectivity index (χ2n) is 4.09. The van der Waals surface area contributed by atoms with Crippen molar-refractivity contribution in [2.75, 3.05) is 0 Å². The van der Waals surface area contributed by atoms with Gasteiger partial charge in [-0.2, -0.15) is 0 Å². The van der Waals surface area contributed by atoms with Crippen molar-refractivity contribution in [2.45, 2.75) is 39.3 Å². The molecule has 15 heavy (non-hydrogen) atoms. The maximum atomic E-state index is 10.5. The molecule has 84 valence electrons. The van der Waals surface area contributed by atoms with E-state index < -0.39 is 0 Å². The number of nitrogens with zero attached hydrogens (tertiary/aromatic N) is 1. The van der Waals surface area contributed by atoms with Crippen LogP contribution in [-0.4, -0.2) is 10.5 Å². The summed E-state index contributed by atoms with van der Waals surface area (Å²) in [4.78, 5) is 11.1. The molecule has 1 aromatic rings. The standard InChI is InChI=1S/C10H16N2O2S/c1-4-10(2,3)11-7-8-5-6-9(15-8)12(13)14/h5-6,11H,4,7H2,1-3H3. The van der Waals surface area contributed by atoms with Gasteiger partial charge in [-0.15, -0.1) is 0 Å². The van der Waals surface area contributed by atoms with Crippen molar-refractivity contribution in [2.24, 2.45) is 0 Å². The lowest BCUT2D eigenvalue weighted by Crippen LogP contribution is -2.37. The molecule has 5 heteroatoms. The summed E-state index contributed by atoms with van der Waals surface area (Å²) in [6.45, 7) is 7.05. The van der Waals surface area contributed by atoms with Crippen molar-refractivity contribution in [1.29, 1.82) is 0 Å². The van der Waals surface area contributed by atoms with Crippen LogP contribution in [0.15, 0.2) is 12.1 Å². The molecule has 1 rings (SSSR count). The van der Waals surface area contributed by atoms with Gasteiger partial charge >= 0.3 is 5.00 Å². The predicted molar refractivity (Wildman–Crippen MR) is 62.2 cm³/mol. The quantitative estimate of drug-likeness (QED) is 0.622. The fourth-order valence-electron chi connectivity index (χ4n) is 1.01. The van der Waals surface area contributed by atoms with Crippen molar-refractivity contribution in [3.8, 4) is 0 Å². The van der Waals surface area contributed by atoms with Crippen LogP contribution in [0.5, 0.6) is 0 Å². The summed E-state index contributed by atoms with van der Waals surface area (Å²) in [5.41, 5.74) is 0.0821. The first-order valence-corrected chi connectivity index (χ1v) is 5.74. The van der Waals surface area contributed by atoms with E-state index in [9.17, 15) is 10.1 Å². The van der Waals surface area contributed by atoms with Crippen molar-refractivity contribution in [3.05, 3.63) is 27.1 Å². The van der Waals surface area contributed by atoms with E-state index in [1.165, 1.54) is 11.3 Å². The maximum Gasteiger partial charge on any atom is 0.324 e. The van der Waals surface area contributed by atoms with Gasteiger partial charge in [-0.05, 0) is 26.3 Å². The lowest BCUT2D eigenvalue weighted by Gasteiger charge is -2.23. The zero-order chi connectivity index (χ0) is 11.5. The highest BCUT2D eigenvalue weighted by molar-refractivity contribution is 7.15. The molecule has 1 N–H and O–H groups in total. The van der Waals surface area contributed by atoms with Crippen LogP contribution in [0.3, 0.4) is 0 Å². The molecule has 0 aromatic carbocycles. The first-order valence-electron chi connectivity index (χ1n) is 4.93. The Morgan fingerprint density at radius 3 is 2.67 bits per heavy atom. The highest BCUT2D eigenvalue weighted by Crippen LogP contribution is 2.24. The van der Waals surface area contributed by atoms with Crippen LogP contribution in [0, 0.1) is 10.1 Å². The third-order valence-electron chi connectivity index (χ3n) is 2.45. The topological polar surface area (TPSA) is 55.2 Å². The van der Waals surface area contributed by atoms with E-state index in [2.05, 4.69) is 26.1 Å². The minimum absolute atomic E-state index is 0.0821. The van der Waals surface area contributed by atoms with Crippen LogP contribution in [0.2, 0.25) is 0 Å². The molecule has 1 heterocycles. The van der Waals surface area contributed by atoms with Crippen LogP contribution in [0.1, 0.15) is 32.1 Å². The minimum atomic E-state index is -0.348. The highest BCUT2D eigenvalue weighted by atomic mass is 32.1. The van der Waals surface area contributed by atoms with Gasteiger partial charge in [0.15, 0.2) is 0 Å². The van der Waals surface area contributed by atoms with Crippen LogP contribution in [-0.2, 0) is 6.54 Å². The Hall–Kier alpha value is -0.940. The average molecular weight is 228 g/mol. The Morgan fingerprint density at radius 1 is 1.53 bits per heavy atom. The fourth-order valence-corrected chi connectivity index (χ4v) is 1.77. The number of rotatable bonds is 5. The van der Waals surface area contributed by atoms with Gasteiger partial charge in [0.25, 0.3) is 0 Å². The predicted octanol–water partition coefficient (Wildman–Crippen LogP) is 2.93. The fraction of sp³-hybridized carbons (Fsp3) is 0.600. The molecule has 1 aromatic heterocycles. The van der Waals surface area contributed by atoms with Crippen LogP contribution >= 0.6 is 11.3 Å². The molecule has 0 aliphatic rings. The van der Waals surface area contributed by atoms with Crippen LogP contribution in [0.25, 0.3) is 0 Å². The van der Waals surface area contributed by atoms with Gasteiger partial charge in [-0.25, -0.2) is 0 Å². The van der Waals surface area contributed by atoms with E-state index in [1.54, 1.807) is 6.07 Å². The van der Waals surface area contributed by atoms with Crippen LogP contribution in [0.4, 0.5) is 5.00 Å². The first kappa shape index (κ1) is 12.1. The molecule has 4 nitrogen and oxygen atoms in total. The van der Waals surface area contributed by atoms with Gasteiger partial charge in [-0.3, -0.25) is 10.1 Å². The van der Waals surface area contributed by atoms with Gasteiger partial charge in [0.2, 0.25) is 0 Å².